The SMILES string of the molecule is CC(C)c1cc(Sc2c(Cl)cc(N)cc2Cl)n[nH]c1=O.CC(C)c1cc(Sc2c(Cl)cc(N)cc2Cl)nn(C)c1=O.CC(C)c1cc(Sc2c(Cl)cc(N3C(=O)c4ccccc4C3=O)cc2Cl)n[nH]c1=O.CC(C)c1cc(Sc2c(Cl)cc(N3C(=O)c4ccccc4C3=O)cc2Cl)nn(C)c1=O. The molecule has 0 saturated carbocycles. The molecule has 0 atom stereocenters. The van der Waals surface area contributed by atoms with Crippen molar-refractivity contribution in [3.63, 3.8) is 0 Å². The quantitative estimate of drug-likeness (QED) is 0.0581. The summed E-state index contributed by atoms with van der Waals surface area (Å²) in [6.07, 6.45) is 0. The van der Waals surface area contributed by atoms with Crippen LogP contribution >= 0.6 is 140 Å². The van der Waals surface area contributed by atoms with Crippen LogP contribution in [0.3, 0.4) is 0 Å². The number of nitrogen functional groups attached to an aromatic ring is 2. The van der Waals surface area contributed by atoms with Gasteiger partial charge in [-0.2, -0.15) is 20.4 Å². The average Bonchev–Trinajstić information content (AvgIpc) is 1.61. The van der Waals surface area contributed by atoms with Gasteiger partial charge < -0.3 is 11.5 Å². The van der Waals surface area contributed by atoms with Crippen LogP contribution in [0.5, 0.6) is 0 Å². The molecule has 12 rings (SSSR count). The minimum atomic E-state index is -0.424. The molecule has 20 nitrogen and oxygen atoms in total. The fourth-order valence-electron chi connectivity index (χ4n) is 10.1. The fourth-order valence-corrected chi connectivity index (χ4v) is 16.3. The van der Waals surface area contributed by atoms with Crippen molar-refractivity contribution in [3.8, 4) is 0 Å². The monoisotopic (exact) mass is 1600 g/mol. The number of fused-ring (bicyclic) bond motifs is 2. The highest BCUT2D eigenvalue weighted by atomic mass is 35.5. The van der Waals surface area contributed by atoms with E-state index in [2.05, 4.69) is 30.6 Å². The number of nitrogens with two attached hydrogens (primary N) is 2. The van der Waals surface area contributed by atoms with E-state index in [1.807, 2.05) is 55.4 Å². The number of hydrogen-bond acceptors (Lipinski definition) is 18. The van der Waals surface area contributed by atoms with Crippen LogP contribution in [0.4, 0.5) is 22.7 Å². The summed E-state index contributed by atoms with van der Waals surface area (Å²) >= 11 is 55.5. The molecule has 6 aromatic carbocycles. The molecule has 2 aliphatic rings. The Morgan fingerprint density at radius 3 is 0.843 bits per heavy atom. The molecule has 0 saturated heterocycles. The van der Waals surface area contributed by atoms with Crippen LogP contribution in [0.1, 0.15) is 143 Å². The van der Waals surface area contributed by atoms with E-state index in [1.54, 1.807) is 111 Å². The van der Waals surface area contributed by atoms with Crippen molar-refractivity contribution >= 4 is 186 Å². The van der Waals surface area contributed by atoms with Crippen molar-refractivity contribution in [1.29, 1.82) is 0 Å². The fraction of sp³-hybridized carbons (Fsp3) is 0.200. The molecule has 528 valence electrons. The lowest BCUT2D eigenvalue weighted by atomic mass is 10.1. The topological polar surface area (TPSA) is 288 Å². The Hall–Kier alpha value is -7.56. The first-order chi connectivity index (χ1) is 48.1. The Morgan fingerprint density at radius 1 is 0.353 bits per heavy atom. The molecule has 4 amide bonds. The Bertz CT molecular complexity index is 5100. The van der Waals surface area contributed by atoms with Crippen LogP contribution in [0.15, 0.2) is 180 Å². The second-order valence-corrected chi connectivity index (χ2v) is 31.2. The third-order valence-corrected chi connectivity index (χ3v) is 22.7. The van der Waals surface area contributed by atoms with E-state index in [9.17, 15) is 38.4 Å². The summed E-state index contributed by atoms with van der Waals surface area (Å²) in [7, 11) is 3.22. The van der Waals surface area contributed by atoms with Gasteiger partial charge in [-0.1, -0.05) is 220 Å². The maximum Gasteiger partial charge on any atom is 0.270 e. The van der Waals surface area contributed by atoms with Gasteiger partial charge in [-0.3, -0.25) is 38.4 Å². The zero-order valence-electron chi connectivity index (χ0n) is 55.5. The van der Waals surface area contributed by atoms with Gasteiger partial charge in [0.2, 0.25) is 0 Å². The predicted octanol–water partition coefficient (Wildman–Crippen LogP) is 18.2. The minimum absolute atomic E-state index is 0.0262. The number of halogens is 8. The van der Waals surface area contributed by atoms with Gasteiger partial charge in [0.05, 0.1) is 93.4 Å². The number of benzene rings is 6. The molecule has 102 heavy (non-hydrogen) atoms. The van der Waals surface area contributed by atoms with Crippen LogP contribution in [-0.4, -0.2) is 63.6 Å². The summed E-state index contributed by atoms with van der Waals surface area (Å²) < 4.78 is 2.61. The van der Waals surface area contributed by atoms with Gasteiger partial charge in [-0.15, -0.1) is 0 Å². The lowest BCUT2D eigenvalue weighted by Crippen LogP contribution is -2.29. The van der Waals surface area contributed by atoms with Gasteiger partial charge in [-0.05, 0) is 121 Å². The molecule has 4 aromatic heterocycles. The number of H-pyrrole nitrogens is 2. The van der Waals surface area contributed by atoms with Crippen LogP contribution in [0, 0.1) is 0 Å². The Morgan fingerprint density at radius 2 is 0.588 bits per heavy atom. The van der Waals surface area contributed by atoms with E-state index in [-0.39, 0.29) is 71.7 Å². The van der Waals surface area contributed by atoms with E-state index in [0.29, 0.717) is 121 Å². The Labute approximate surface area is 641 Å². The number of rotatable bonds is 14. The molecule has 0 fully saturated rings. The number of carbonyl (C=O) groups excluding carboxylic acids is 4. The number of aromatic amines is 2. The Kier molecular flexibility index (Phi) is 25.8. The van der Waals surface area contributed by atoms with Gasteiger partial charge in [0.25, 0.3) is 45.9 Å². The van der Waals surface area contributed by atoms with E-state index in [1.165, 1.54) is 80.7 Å². The minimum Gasteiger partial charge on any atom is -0.399 e. The van der Waals surface area contributed by atoms with Gasteiger partial charge in [0.1, 0.15) is 20.1 Å². The molecule has 0 unspecified atom stereocenters. The first-order valence-electron chi connectivity index (χ1n) is 30.6. The molecule has 10 aromatic rings. The Balaban J connectivity index is 0.000000161. The predicted molar refractivity (Wildman–Crippen MR) is 411 cm³/mol. The lowest BCUT2D eigenvalue weighted by molar-refractivity contribution is 0.0910. The van der Waals surface area contributed by atoms with Crippen LogP contribution in [-0.2, 0) is 14.1 Å². The number of aromatic nitrogens is 8. The summed E-state index contributed by atoms with van der Waals surface area (Å²) in [4.78, 5) is 103. The first-order valence-corrected chi connectivity index (χ1v) is 36.9. The number of anilines is 4. The number of carbonyl (C=O) groups is 4. The summed E-state index contributed by atoms with van der Waals surface area (Å²) in [5, 5.41) is 26.8. The van der Waals surface area contributed by atoms with Gasteiger partial charge in [0, 0.05) is 47.7 Å². The highest BCUT2D eigenvalue weighted by molar-refractivity contribution is 8.00. The highest BCUT2D eigenvalue weighted by Gasteiger charge is 2.38. The molecule has 2 aliphatic heterocycles. The van der Waals surface area contributed by atoms with Crippen molar-refractivity contribution in [1.82, 2.24) is 40.0 Å². The van der Waals surface area contributed by atoms with Crippen molar-refractivity contribution in [2.24, 2.45) is 14.1 Å². The molecular weight excluding hydrogens is 1550 g/mol. The van der Waals surface area contributed by atoms with Crippen molar-refractivity contribution in [2.45, 2.75) is 119 Å². The average molecular weight is 1610 g/mol. The van der Waals surface area contributed by atoms with Crippen molar-refractivity contribution in [3.05, 3.63) is 247 Å². The lowest BCUT2D eigenvalue weighted by Gasteiger charge is -2.17. The largest absolute Gasteiger partial charge is 0.399 e. The number of hydrogen-bond donors (Lipinski definition) is 4. The maximum absolute atomic E-state index is 12.7. The van der Waals surface area contributed by atoms with E-state index in [0.717, 1.165) is 9.80 Å². The number of aryl methyl sites for hydroxylation is 2. The normalized spacial score (nSPS) is 12.4. The molecule has 6 N–H and O–H groups in total. The summed E-state index contributed by atoms with van der Waals surface area (Å²) in [5.74, 6) is -1.41. The molecule has 6 heterocycles. The standard InChI is InChI=1S/C22H17Cl2N3O3S.C21H15Cl2N3O3S.C14H15Cl2N3OS.C13H13Cl2N3OS/c1-11(2)15-10-18(25-26(3)20(15)28)31-19-16(23)8-12(9-17(19)24)27-21(29)13-6-4-5-7-14(13)22(27)30;1-10(2)14-9-17(24-25-19(14)27)30-18-15(22)7-11(8-16(18)23)26-20(28)12-5-3-4-6-13(12)21(26)29;1-7(2)9-6-12(18-19(3)14(9)20)21-13-10(15)4-8(17)5-11(13)16;1-6(2)8-5-11(17-18-13(8)19)20-12-9(14)3-7(16)4-10(12)15/h4-11H,1-3H3;3-10H,1-2H3,(H,25,27);4-7H,17H2,1-3H3;3-6H,16H2,1-2H3,(H,18,19). The second-order valence-electron chi connectivity index (χ2n) is 23.8. The highest BCUT2D eigenvalue weighted by Crippen LogP contribution is 2.46. The zero-order valence-corrected chi connectivity index (χ0v) is 64.8. The third-order valence-electron chi connectivity index (χ3n) is 15.2. The molecule has 0 aliphatic carbocycles. The summed E-state index contributed by atoms with van der Waals surface area (Å²) in [6, 6.07) is 32.8. The van der Waals surface area contributed by atoms with E-state index in [4.69, 9.17) is 104 Å². The molecule has 0 radical (unpaired) electrons. The first kappa shape index (κ1) is 78.6. The zero-order chi connectivity index (χ0) is 74.6. The third kappa shape index (κ3) is 17.8. The van der Waals surface area contributed by atoms with Crippen LogP contribution < -0.4 is 43.5 Å². The summed E-state index contributed by atoms with van der Waals surface area (Å²) in [5.41, 5.74) is 16.2. The number of nitrogens with zero attached hydrogens (tertiary/aromatic N) is 8. The van der Waals surface area contributed by atoms with E-state index < -0.39 is 23.6 Å². The van der Waals surface area contributed by atoms with E-state index >= 15 is 0 Å². The van der Waals surface area contributed by atoms with Crippen LogP contribution in [0.2, 0.25) is 40.2 Å². The second kappa shape index (κ2) is 33.5. The van der Waals surface area contributed by atoms with Crippen LogP contribution in [0.25, 0.3) is 0 Å². The molecule has 32 heteroatoms. The van der Waals surface area contributed by atoms with Gasteiger partial charge in [0.15, 0.2) is 0 Å². The number of imide groups is 2. The number of nitrogens with one attached hydrogen (secondary N) is 2. The smallest absolute Gasteiger partial charge is 0.270 e. The van der Waals surface area contributed by atoms with Crippen molar-refractivity contribution < 1.29 is 19.2 Å². The summed E-state index contributed by atoms with van der Waals surface area (Å²) in [6.45, 7) is 15.5. The molecule has 0 spiro atoms. The van der Waals surface area contributed by atoms with Crippen molar-refractivity contribution in [2.75, 3.05) is 21.3 Å². The molecular formula is C70H60Cl8N12O8S4. The molecule has 0 bridgehead atoms. The van der Waals surface area contributed by atoms with Gasteiger partial charge in [-0.25, -0.2) is 29.4 Å². The van der Waals surface area contributed by atoms with Gasteiger partial charge >= 0.3 is 0 Å². The maximum atomic E-state index is 12.7. The number of amides is 4.